The molecule has 0 saturated heterocycles. The quantitative estimate of drug-likeness (QED) is 0.413. The van der Waals surface area contributed by atoms with Gasteiger partial charge in [0.15, 0.2) is 0 Å². The highest BCUT2D eigenvalue weighted by Crippen LogP contribution is 2.17. The van der Waals surface area contributed by atoms with E-state index in [1.807, 2.05) is 53.6 Å². The predicted molar refractivity (Wildman–Crippen MR) is 131 cm³/mol. The number of aryl methyl sites for hydroxylation is 2. The molecule has 0 atom stereocenters. The highest BCUT2D eigenvalue weighted by molar-refractivity contribution is 5.92. The van der Waals surface area contributed by atoms with Gasteiger partial charge in [-0.1, -0.05) is 54.1 Å². The Balaban J connectivity index is 1.39. The van der Waals surface area contributed by atoms with E-state index in [0.717, 1.165) is 34.6 Å². The molecule has 4 rings (SSSR count). The molecule has 0 aliphatic rings. The third-order valence-corrected chi connectivity index (χ3v) is 5.78. The Kier molecular flexibility index (Phi) is 6.83. The first-order valence-electron chi connectivity index (χ1n) is 11.1. The van der Waals surface area contributed by atoms with Crippen LogP contribution in [0.4, 0.5) is 0 Å². The van der Waals surface area contributed by atoms with Crippen LogP contribution in [0.2, 0.25) is 0 Å². The predicted octanol–water partition coefficient (Wildman–Crippen LogP) is 4.43. The van der Waals surface area contributed by atoms with Gasteiger partial charge in [0.1, 0.15) is 0 Å². The van der Waals surface area contributed by atoms with Gasteiger partial charge >= 0.3 is 0 Å². The number of amides is 1. The van der Waals surface area contributed by atoms with Crippen LogP contribution in [0.15, 0.2) is 73.3 Å². The van der Waals surface area contributed by atoms with Gasteiger partial charge in [-0.05, 0) is 43.5 Å². The molecular weight excluding hydrogens is 410 g/mol. The van der Waals surface area contributed by atoms with Crippen molar-refractivity contribution in [1.29, 1.82) is 0 Å². The van der Waals surface area contributed by atoms with Gasteiger partial charge in [0.2, 0.25) is 5.91 Å². The molecule has 33 heavy (non-hydrogen) atoms. The van der Waals surface area contributed by atoms with E-state index < -0.39 is 0 Å². The molecule has 4 aromatic rings. The van der Waals surface area contributed by atoms with Crippen molar-refractivity contribution in [2.75, 3.05) is 0 Å². The summed E-state index contributed by atoms with van der Waals surface area (Å²) in [5, 5.41) is 7.67. The molecule has 0 aliphatic carbocycles. The van der Waals surface area contributed by atoms with Gasteiger partial charge in [-0.2, -0.15) is 5.10 Å². The lowest BCUT2D eigenvalue weighted by Crippen LogP contribution is -2.21. The van der Waals surface area contributed by atoms with Gasteiger partial charge < -0.3 is 9.88 Å². The van der Waals surface area contributed by atoms with Crippen molar-refractivity contribution < 1.29 is 4.79 Å². The minimum Gasteiger partial charge on any atom is -0.348 e. The van der Waals surface area contributed by atoms with Crippen LogP contribution in [0.1, 0.15) is 39.2 Å². The van der Waals surface area contributed by atoms with E-state index in [-0.39, 0.29) is 5.91 Å². The van der Waals surface area contributed by atoms with E-state index in [1.165, 1.54) is 11.1 Å². The van der Waals surface area contributed by atoms with Crippen molar-refractivity contribution in [3.8, 4) is 0 Å². The monoisotopic (exact) mass is 439 g/mol. The zero-order chi connectivity index (χ0) is 23.2. The fourth-order valence-corrected chi connectivity index (χ4v) is 3.83. The molecule has 1 N–H and O–H groups in total. The molecule has 0 saturated carbocycles. The van der Waals surface area contributed by atoms with Crippen LogP contribution < -0.4 is 5.32 Å². The van der Waals surface area contributed by atoms with Crippen LogP contribution in [-0.4, -0.2) is 25.2 Å². The molecule has 2 heterocycles. The van der Waals surface area contributed by atoms with Crippen LogP contribution in [0.25, 0.3) is 6.08 Å². The second-order valence-electron chi connectivity index (χ2n) is 8.28. The molecule has 1 amide bonds. The number of nitrogens with zero attached hydrogens (tertiary/aromatic N) is 4. The molecular formula is C27H29N5O. The number of imidazole rings is 1. The molecule has 2 aromatic heterocycles. The SMILES string of the molecule is Cc1ccc(Cn2nc(C)c(/C=C/C(=O)NCc3ccccc3Cn3ccnc3)c2C)cc1. The average Bonchev–Trinajstić information content (AvgIpc) is 3.41. The Labute approximate surface area is 194 Å². The number of hydrogen-bond donors (Lipinski definition) is 1. The second-order valence-corrected chi connectivity index (χ2v) is 8.28. The van der Waals surface area contributed by atoms with E-state index in [9.17, 15) is 4.79 Å². The van der Waals surface area contributed by atoms with Crippen molar-refractivity contribution in [2.45, 2.75) is 40.4 Å². The van der Waals surface area contributed by atoms with E-state index >= 15 is 0 Å². The first kappa shape index (κ1) is 22.3. The maximum atomic E-state index is 12.5. The highest BCUT2D eigenvalue weighted by atomic mass is 16.1. The van der Waals surface area contributed by atoms with E-state index in [4.69, 9.17) is 0 Å². The molecule has 6 heteroatoms. The average molecular weight is 440 g/mol. The first-order valence-corrected chi connectivity index (χ1v) is 11.1. The maximum absolute atomic E-state index is 12.5. The van der Waals surface area contributed by atoms with Crippen molar-refractivity contribution in [3.63, 3.8) is 0 Å². The maximum Gasteiger partial charge on any atom is 0.244 e. The molecule has 2 aromatic carbocycles. The number of carbonyl (C=O) groups excluding carboxylic acids is 1. The van der Waals surface area contributed by atoms with Crippen LogP contribution in [0, 0.1) is 20.8 Å². The topological polar surface area (TPSA) is 64.7 Å². The largest absolute Gasteiger partial charge is 0.348 e. The first-order chi connectivity index (χ1) is 16.0. The van der Waals surface area contributed by atoms with Crippen LogP contribution >= 0.6 is 0 Å². The summed E-state index contributed by atoms with van der Waals surface area (Å²) in [6, 6.07) is 16.6. The fraction of sp³-hybridized carbons (Fsp3) is 0.222. The molecule has 0 radical (unpaired) electrons. The summed E-state index contributed by atoms with van der Waals surface area (Å²) in [4.78, 5) is 16.6. The van der Waals surface area contributed by atoms with Crippen molar-refractivity contribution in [1.82, 2.24) is 24.6 Å². The van der Waals surface area contributed by atoms with E-state index in [1.54, 1.807) is 18.6 Å². The molecule has 0 bridgehead atoms. The van der Waals surface area contributed by atoms with Gasteiger partial charge in [0, 0.05) is 42.8 Å². The Bertz CT molecular complexity index is 1250. The minimum atomic E-state index is -0.127. The van der Waals surface area contributed by atoms with Gasteiger partial charge in [0.05, 0.1) is 18.6 Å². The Morgan fingerprint density at radius 2 is 1.76 bits per heavy atom. The summed E-state index contributed by atoms with van der Waals surface area (Å²) < 4.78 is 4.00. The summed E-state index contributed by atoms with van der Waals surface area (Å²) >= 11 is 0. The summed E-state index contributed by atoms with van der Waals surface area (Å²) in [5.74, 6) is -0.127. The smallest absolute Gasteiger partial charge is 0.244 e. The third kappa shape index (κ3) is 5.66. The summed E-state index contributed by atoms with van der Waals surface area (Å²) in [7, 11) is 0. The normalized spacial score (nSPS) is 11.2. The van der Waals surface area contributed by atoms with E-state index in [2.05, 4.69) is 52.7 Å². The van der Waals surface area contributed by atoms with Crippen LogP contribution in [-0.2, 0) is 24.4 Å². The Hall–Kier alpha value is -3.93. The number of aromatic nitrogens is 4. The minimum absolute atomic E-state index is 0.127. The lowest BCUT2D eigenvalue weighted by atomic mass is 10.1. The molecule has 0 unspecified atom stereocenters. The highest BCUT2D eigenvalue weighted by Gasteiger charge is 2.10. The zero-order valence-electron chi connectivity index (χ0n) is 19.3. The van der Waals surface area contributed by atoms with Gasteiger partial charge in [-0.3, -0.25) is 9.48 Å². The van der Waals surface area contributed by atoms with Gasteiger partial charge in [-0.25, -0.2) is 4.98 Å². The summed E-state index contributed by atoms with van der Waals surface area (Å²) in [6.45, 7) is 8.00. The standard InChI is InChI=1S/C27H29N5O/c1-20-8-10-23(11-9-20)17-32-22(3)26(21(2)30-32)12-13-27(33)29-16-24-6-4-5-7-25(24)18-31-15-14-28-19-31/h4-15,19H,16-18H2,1-3H3,(H,29,33)/b13-12+. The molecule has 0 spiro atoms. The number of rotatable bonds is 8. The van der Waals surface area contributed by atoms with Gasteiger partial charge in [-0.15, -0.1) is 0 Å². The number of nitrogens with one attached hydrogen (secondary N) is 1. The second kappa shape index (κ2) is 10.1. The molecule has 0 fully saturated rings. The number of hydrogen-bond acceptors (Lipinski definition) is 3. The van der Waals surface area contributed by atoms with Crippen molar-refractivity contribution in [2.24, 2.45) is 0 Å². The number of carbonyl (C=O) groups is 1. The summed E-state index contributed by atoms with van der Waals surface area (Å²) in [5.41, 5.74) is 7.63. The van der Waals surface area contributed by atoms with Gasteiger partial charge in [0.25, 0.3) is 0 Å². The fourth-order valence-electron chi connectivity index (χ4n) is 3.83. The molecule has 6 nitrogen and oxygen atoms in total. The van der Waals surface area contributed by atoms with Crippen molar-refractivity contribution in [3.05, 3.63) is 113 Å². The summed E-state index contributed by atoms with van der Waals surface area (Å²) in [6.07, 6.45) is 8.94. The van der Waals surface area contributed by atoms with Crippen molar-refractivity contribution >= 4 is 12.0 Å². The zero-order valence-corrected chi connectivity index (χ0v) is 19.3. The van der Waals surface area contributed by atoms with E-state index in [0.29, 0.717) is 13.1 Å². The molecule has 168 valence electrons. The Morgan fingerprint density at radius 3 is 2.48 bits per heavy atom. The van der Waals surface area contributed by atoms with Crippen LogP contribution in [0.5, 0.6) is 0 Å². The lowest BCUT2D eigenvalue weighted by molar-refractivity contribution is -0.116. The molecule has 0 aliphatic heterocycles. The number of benzene rings is 2. The Morgan fingerprint density at radius 1 is 1.00 bits per heavy atom. The lowest BCUT2D eigenvalue weighted by Gasteiger charge is -2.10. The van der Waals surface area contributed by atoms with Crippen LogP contribution in [0.3, 0.4) is 0 Å². The third-order valence-electron chi connectivity index (χ3n) is 5.78.